The van der Waals surface area contributed by atoms with Crippen LogP contribution in [0.5, 0.6) is 0 Å². The fraction of sp³-hybridized carbons (Fsp3) is 0.150. The largest absolute Gasteiger partial charge is 0.416 e. The van der Waals surface area contributed by atoms with Crippen LogP contribution in [-0.4, -0.2) is 12.5 Å². The van der Waals surface area contributed by atoms with Crippen molar-refractivity contribution in [2.45, 2.75) is 13.1 Å². The first-order valence-corrected chi connectivity index (χ1v) is 9.09. The topological polar surface area (TPSA) is 67.1 Å². The normalized spacial score (nSPS) is 12.6. The molecule has 28 heavy (non-hydrogen) atoms. The molecule has 8 heteroatoms. The molecular formula is C20H19BrF3N3O. The van der Waals surface area contributed by atoms with Crippen molar-refractivity contribution >= 4 is 33.2 Å². The summed E-state index contributed by atoms with van der Waals surface area (Å²) in [5, 5.41) is 5.65. The zero-order valence-electron chi connectivity index (χ0n) is 15.0. The molecule has 0 fully saturated rings. The third kappa shape index (κ3) is 6.16. The third-order valence-electron chi connectivity index (χ3n) is 3.80. The summed E-state index contributed by atoms with van der Waals surface area (Å²) in [7, 11) is 0. The molecule has 0 unspecified atom stereocenters. The number of carbonyl (C=O) groups excluding carboxylic acids is 1. The molecule has 0 heterocycles. The van der Waals surface area contributed by atoms with Crippen LogP contribution in [0.25, 0.3) is 0 Å². The second-order valence-corrected chi connectivity index (χ2v) is 6.74. The average molecular weight is 454 g/mol. The van der Waals surface area contributed by atoms with Gasteiger partial charge in [0, 0.05) is 17.9 Å². The first-order chi connectivity index (χ1) is 13.2. The van der Waals surface area contributed by atoms with Gasteiger partial charge in [0.1, 0.15) is 0 Å². The molecule has 0 aliphatic rings. The van der Waals surface area contributed by atoms with Crippen LogP contribution >= 0.6 is 15.9 Å². The number of carbonyl (C=O) groups is 1. The third-order valence-corrected chi connectivity index (χ3v) is 4.03. The number of benzene rings is 2. The van der Waals surface area contributed by atoms with Crippen LogP contribution in [-0.2, 0) is 6.18 Å². The minimum absolute atomic E-state index is 0.0683. The van der Waals surface area contributed by atoms with Crippen LogP contribution in [0.3, 0.4) is 0 Å². The number of nitrogens with two attached hydrogens (primary N) is 1. The van der Waals surface area contributed by atoms with Gasteiger partial charge in [-0.3, -0.25) is 4.79 Å². The molecule has 2 aromatic rings. The van der Waals surface area contributed by atoms with Crippen LogP contribution in [0.15, 0.2) is 70.9 Å². The summed E-state index contributed by atoms with van der Waals surface area (Å²) >= 11 is 3.16. The molecular weight excluding hydrogens is 435 g/mol. The van der Waals surface area contributed by atoms with Crippen molar-refractivity contribution in [2.24, 2.45) is 5.73 Å². The van der Waals surface area contributed by atoms with Gasteiger partial charge in [-0.25, -0.2) is 0 Å². The Morgan fingerprint density at radius 2 is 1.89 bits per heavy atom. The predicted molar refractivity (Wildman–Crippen MR) is 109 cm³/mol. The smallest absolute Gasteiger partial charge is 0.393 e. The van der Waals surface area contributed by atoms with Gasteiger partial charge in [0.25, 0.3) is 5.91 Å². The number of para-hydroxylation sites is 1. The standard InChI is InChI=1S/C20H19BrF3N3O/c1-2-13(10-18(21)25)12-26-17-9-4-3-8-16(17)19(28)27-15-7-5-6-14(11-15)20(22,23)24/h2-11,26H,12,25H2,1H3,(H,27,28)/b13-2+,18-10-. The molecule has 0 bridgehead atoms. The van der Waals surface area contributed by atoms with E-state index < -0.39 is 17.6 Å². The van der Waals surface area contributed by atoms with Crippen molar-refractivity contribution in [1.29, 1.82) is 0 Å². The highest BCUT2D eigenvalue weighted by molar-refractivity contribution is 9.11. The maximum absolute atomic E-state index is 12.8. The average Bonchev–Trinajstić information content (AvgIpc) is 2.64. The van der Waals surface area contributed by atoms with Crippen LogP contribution in [0.4, 0.5) is 24.5 Å². The van der Waals surface area contributed by atoms with Crippen molar-refractivity contribution in [3.05, 3.63) is 82.0 Å². The van der Waals surface area contributed by atoms with Crippen LogP contribution in [0.1, 0.15) is 22.8 Å². The number of rotatable bonds is 6. The van der Waals surface area contributed by atoms with E-state index in [2.05, 4.69) is 26.6 Å². The molecule has 0 aliphatic carbocycles. The van der Waals surface area contributed by atoms with E-state index in [-0.39, 0.29) is 5.69 Å². The van der Waals surface area contributed by atoms with E-state index in [1.54, 1.807) is 30.3 Å². The highest BCUT2D eigenvalue weighted by Gasteiger charge is 2.30. The Balaban J connectivity index is 2.18. The SMILES string of the molecule is C/C=C(\C=C(/N)Br)CNc1ccccc1C(=O)Nc1cccc(C(F)(F)F)c1. The van der Waals surface area contributed by atoms with E-state index in [1.165, 1.54) is 12.1 Å². The lowest BCUT2D eigenvalue weighted by Gasteiger charge is -2.14. The molecule has 0 saturated carbocycles. The van der Waals surface area contributed by atoms with E-state index in [4.69, 9.17) is 5.73 Å². The summed E-state index contributed by atoms with van der Waals surface area (Å²) in [6, 6.07) is 11.3. The van der Waals surface area contributed by atoms with E-state index in [0.717, 1.165) is 17.7 Å². The van der Waals surface area contributed by atoms with Gasteiger partial charge in [-0.2, -0.15) is 13.2 Å². The quantitative estimate of drug-likeness (QED) is 0.398. The van der Waals surface area contributed by atoms with Crippen molar-refractivity contribution in [2.75, 3.05) is 17.2 Å². The summed E-state index contributed by atoms with van der Waals surface area (Å²) in [5.41, 5.74) is 6.60. The Morgan fingerprint density at radius 1 is 1.18 bits per heavy atom. The summed E-state index contributed by atoms with van der Waals surface area (Å²) in [6.45, 7) is 2.27. The van der Waals surface area contributed by atoms with Gasteiger partial charge in [0.05, 0.1) is 15.7 Å². The fourth-order valence-electron chi connectivity index (χ4n) is 2.42. The van der Waals surface area contributed by atoms with Gasteiger partial charge >= 0.3 is 6.18 Å². The van der Waals surface area contributed by atoms with Crippen molar-refractivity contribution < 1.29 is 18.0 Å². The second kappa shape index (κ2) is 9.45. The number of hydrogen-bond donors (Lipinski definition) is 3. The summed E-state index contributed by atoms with van der Waals surface area (Å²) in [4.78, 5) is 12.6. The molecule has 0 aromatic heterocycles. The minimum Gasteiger partial charge on any atom is -0.393 e. The maximum Gasteiger partial charge on any atom is 0.416 e. The second-order valence-electron chi connectivity index (χ2n) is 5.82. The van der Waals surface area contributed by atoms with Crippen molar-refractivity contribution in [3.63, 3.8) is 0 Å². The zero-order valence-corrected chi connectivity index (χ0v) is 16.6. The minimum atomic E-state index is -4.48. The Bertz CT molecular complexity index is 904. The molecule has 1 amide bonds. The Kier molecular flexibility index (Phi) is 7.28. The van der Waals surface area contributed by atoms with Gasteiger partial charge in [0.15, 0.2) is 0 Å². The Labute approximate surface area is 169 Å². The molecule has 2 rings (SSSR count). The highest BCUT2D eigenvalue weighted by atomic mass is 79.9. The van der Waals surface area contributed by atoms with E-state index in [1.807, 2.05) is 13.0 Å². The number of anilines is 2. The van der Waals surface area contributed by atoms with E-state index >= 15 is 0 Å². The highest BCUT2D eigenvalue weighted by Crippen LogP contribution is 2.31. The molecule has 2 aromatic carbocycles. The first-order valence-electron chi connectivity index (χ1n) is 8.30. The summed E-state index contributed by atoms with van der Waals surface area (Å²) in [5.74, 6) is -0.514. The lowest BCUT2D eigenvalue weighted by atomic mass is 10.1. The van der Waals surface area contributed by atoms with Crippen molar-refractivity contribution in [1.82, 2.24) is 0 Å². The number of allylic oxidation sites excluding steroid dienone is 1. The molecule has 0 saturated heterocycles. The van der Waals surface area contributed by atoms with Crippen LogP contribution in [0, 0.1) is 0 Å². The van der Waals surface area contributed by atoms with Crippen LogP contribution in [0.2, 0.25) is 0 Å². The monoisotopic (exact) mass is 453 g/mol. The van der Waals surface area contributed by atoms with Gasteiger partial charge in [-0.1, -0.05) is 24.3 Å². The molecule has 0 spiro atoms. The van der Waals surface area contributed by atoms with E-state index in [0.29, 0.717) is 22.4 Å². The fourth-order valence-corrected chi connectivity index (χ4v) is 2.71. The molecule has 0 atom stereocenters. The molecule has 148 valence electrons. The summed E-state index contributed by atoms with van der Waals surface area (Å²) < 4.78 is 39.0. The van der Waals surface area contributed by atoms with Crippen molar-refractivity contribution in [3.8, 4) is 0 Å². The number of hydrogen-bond acceptors (Lipinski definition) is 3. The van der Waals surface area contributed by atoms with E-state index in [9.17, 15) is 18.0 Å². The van der Waals surface area contributed by atoms with Gasteiger partial charge in [-0.05, 0) is 64.8 Å². The number of halogens is 4. The number of alkyl halides is 3. The van der Waals surface area contributed by atoms with Crippen LogP contribution < -0.4 is 16.4 Å². The summed E-state index contributed by atoms with van der Waals surface area (Å²) in [6.07, 6.45) is -0.876. The number of amides is 1. The number of nitrogens with one attached hydrogen (secondary N) is 2. The van der Waals surface area contributed by atoms with Gasteiger partial charge < -0.3 is 16.4 Å². The molecule has 4 nitrogen and oxygen atoms in total. The maximum atomic E-state index is 12.8. The lowest BCUT2D eigenvalue weighted by Crippen LogP contribution is -2.16. The molecule has 4 N–H and O–H groups in total. The molecule has 0 radical (unpaired) electrons. The zero-order chi connectivity index (χ0) is 20.7. The van der Waals surface area contributed by atoms with Gasteiger partial charge in [0.2, 0.25) is 0 Å². The first kappa shape index (κ1) is 21.6. The Hall–Kier alpha value is -2.74. The Morgan fingerprint density at radius 3 is 2.54 bits per heavy atom. The molecule has 0 aliphatic heterocycles. The predicted octanol–water partition coefficient (Wildman–Crippen LogP) is 5.51. The van der Waals surface area contributed by atoms with Gasteiger partial charge in [-0.15, -0.1) is 0 Å². The lowest BCUT2D eigenvalue weighted by molar-refractivity contribution is -0.137.